The number of nitrogen functional groups attached to an aromatic ring is 1. The molecule has 3 N–H and O–H groups in total. The van der Waals surface area contributed by atoms with Crippen LogP contribution in [0.15, 0.2) is 10.7 Å². The van der Waals surface area contributed by atoms with Gasteiger partial charge >= 0.3 is 0 Å². The Morgan fingerprint density at radius 3 is 3.00 bits per heavy atom. The molecular formula is C9H13BrN4O. The van der Waals surface area contributed by atoms with Crippen LogP contribution in [-0.4, -0.2) is 22.2 Å². The molecule has 2 rings (SSSR count). The van der Waals surface area contributed by atoms with Crippen LogP contribution < -0.4 is 11.1 Å². The van der Waals surface area contributed by atoms with Crippen LogP contribution in [-0.2, 0) is 11.3 Å². The summed E-state index contributed by atoms with van der Waals surface area (Å²) >= 11 is 3.29. The van der Waals surface area contributed by atoms with Crippen molar-refractivity contribution >= 4 is 27.7 Å². The van der Waals surface area contributed by atoms with Crippen molar-refractivity contribution in [2.24, 2.45) is 5.41 Å². The summed E-state index contributed by atoms with van der Waals surface area (Å²) in [6.07, 6.45) is 2.63. The van der Waals surface area contributed by atoms with Gasteiger partial charge < -0.3 is 11.1 Å². The second-order valence-electron chi connectivity index (χ2n) is 4.13. The van der Waals surface area contributed by atoms with Gasteiger partial charge in [0.1, 0.15) is 0 Å². The number of aromatic nitrogens is 2. The van der Waals surface area contributed by atoms with E-state index in [-0.39, 0.29) is 11.3 Å². The molecule has 1 saturated heterocycles. The zero-order valence-corrected chi connectivity index (χ0v) is 10.0. The van der Waals surface area contributed by atoms with Crippen molar-refractivity contribution in [3.05, 3.63) is 10.7 Å². The van der Waals surface area contributed by atoms with Gasteiger partial charge in [0.25, 0.3) is 0 Å². The van der Waals surface area contributed by atoms with Crippen molar-refractivity contribution in [1.82, 2.24) is 15.1 Å². The maximum atomic E-state index is 11.6. The molecule has 0 spiro atoms. The molecule has 82 valence electrons. The van der Waals surface area contributed by atoms with Crippen molar-refractivity contribution in [3.8, 4) is 0 Å². The molecule has 0 radical (unpaired) electrons. The molecule has 0 aromatic carbocycles. The minimum absolute atomic E-state index is 0.0905. The Balaban J connectivity index is 2.18. The Morgan fingerprint density at radius 2 is 2.53 bits per heavy atom. The van der Waals surface area contributed by atoms with E-state index in [2.05, 4.69) is 26.3 Å². The summed E-state index contributed by atoms with van der Waals surface area (Å²) in [6.45, 7) is 3.25. The first kappa shape index (κ1) is 10.5. The lowest BCUT2D eigenvalue weighted by molar-refractivity contribution is -0.127. The normalized spacial score (nSPS) is 25.6. The molecule has 1 aromatic heterocycles. The predicted octanol–water partition coefficient (Wildman–Crippen LogP) is 0.754. The number of carbonyl (C=O) groups is 1. The van der Waals surface area contributed by atoms with Crippen LogP contribution in [0.5, 0.6) is 0 Å². The monoisotopic (exact) mass is 272 g/mol. The maximum absolute atomic E-state index is 11.6. The van der Waals surface area contributed by atoms with E-state index in [9.17, 15) is 4.79 Å². The van der Waals surface area contributed by atoms with Gasteiger partial charge in [-0.25, -0.2) is 0 Å². The molecule has 0 saturated carbocycles. The van der Waals surface area contributed by atoms with E-state index in [0.29, 0.717) is 12.4 Å². The minimum atomic E-state index is -0.363. The summed E-state index contributed by atoms with van der Waals surface area (Å²) < 4.78 is 2.48. The lowest BCUT2D eigenvalue weighted by Crippen LogP contribution is -2.32. The number of nitrogens with one attached hydrogen (secondary N) is 1. The lowest BCUT2D eigenvalue weighted by atomic mass is 9.89. The SMILES string of the molecule is CC1(Cn2cc(Br)c(N)n2)CCNC1=O. The van der Waals surface area contributed by atoms with Crippen LogP contribution in [0.4, 0.5) is 5.82 Å². The third-order valence-corrected chi connectivity index (χ3v) is 3.38. The van der Waals surface area contributed by atoms with E-state index in [1.165, 1.54) is 0 Å². The summed E-state index contributed by atoms with van der Waals surface area (Å²) in [7, 11) is 0. The van der Waals surface area contributed by atoms with E-state index >= 15 is 0 Å². The Labute approximate surface area is 96.1 Å². The third-order valence-electron chi connectivity index (χ3n) is 2.76. The van der Waals surface area contributed by atoms with Gasteiger partial charge in [-0.3, -0.25) is 9.48 Å². The van der Waals surface area contributed by atoms with E-state index in [4.69, 9.17) is 5.73 Å². The minimum Gasteiger partial charge on any atom is -0.381 e. The zero-order valence-electron chi connectivity index (χ0n) is 8.46. The molecule has 1 aliphatic rings. The zero-order chi connectivity index (χ0) is 11.1. The number of carbonyl (C=O) groups excluding carboxylic acids is 1. The quantitative estimate of drug-likeness (QED) is 0.835. The van der Waals surface area contributed by atoms with Gasteiger partial charge in [0, 0.05) is 12.7 Å². The number of rotatable bonds is 2. The van der Waals surface area contributed by atoms with E-state index in [0.717, 1.165) is 17.4 Å². The molecule has 1 unspecified atom stereocenters. The molecule has 2 heterocycles. The number of anilines is 1. The fourth-order valence-corrected chi connectivity index (χ4v) is 2.10. The Hall–Kier alpha value is -1.04. The second kappa shape index (κ2) is 3.52. The largest absolute Gasteiger partial charge is 0.381 e. The fraction of sp³-hybridized carbons (Fsp3) is 0.556. The fourth-order valence-electron chi connectivity index (χ4n) is 1.78. The van der Waals surface area contributed by atoms with Gasteiger partial charge in [0.05, 0.1) is 16.4 Å². The Bertz CT molecular complexity index is 383. The molecule has 5 nitrogen and oxygen atoms in total. The maximum Gasteiger partial charge on any atom is 0.227 e. The van der Waals surface area contributed by atoms with Crippen LogP contribution in [0.3, 0.4) is 0 Å². The smallest absolute Gasteiger partial charge is 0.227 e. The average Bonchev–Trinajstić information content (AvgIpc) is 2.60. The first-order valence-electron chi connectivity index (χ1n) is 4.78. The van der Waals surface area contributed by atoms with E-state index < -0.39 is 0 Å². The van der Waals surface area contributed by atoms with Crippen molar-refractivity contribution in [2.75, 3.05) is 12.3 Å². The Morgan fingerprint density at radius 1 is 1.80 bits per heavy atom. The lowest BCUT2D eigenvalue weighted by Gasteiger charge is -2.19. The van der Waals surface area contributed by atoms with Crippen LogP contribution in [0.2, 0.25) is 0 Å². The van der Waals surface area contributed by atoms with Crippen LogP contribution >= 0.6 is 15.9 Å². The number of hydrogen-bond donors (Lipinski definition) is 2. The van der Waals surface area contributed by atoms with Gasteiger partial charge in [-0.1, -0.05) is 0 Å². The van der Waals surface area contributed by atoms with Crippen molar-refractivity contribution in [3.63, 3.8) is 0 Å². The first-order chi connectivity index (χ1) is 7.01. The molecule has 6 heteroatoms. The number of amides is 1. The summed E-state index contributed by atoms with van der Waals surface area (Å²) in [6, 6.07) is 0. The molecule has 1 atom stereocenters. The predicted molar refractivity (Wildman–Crippen MR) is 60.1 cm³/mol. The topological polar surface area (TPSA) is 72.9 Å². The van der Waals surface area contributed by atoms with Gasteiger partial charge in [0.2, 0.25) is 5.91 Å². The number of nitrogens with two attached hydrogens (primary N) is 1. The number of nitrogens with zero attached hydrogens (tertiary/aromatic N) is 2. The standard InChI is InChI=1S/C9H13BrN4O/c1-9(2-3-12-8(9)15)5-14-4-6(10)7(11)13-14/h4H,2-3,5H2,1H3,(H2,11,13)(H,12,15). The molecule has 1 amide bonds. The highest BCUT2D eigenvalue weighted by Crippen LogP contribution is 2.29. The summed E-state index contributed by atoms with van der Waals surface area (Å²) in [5.74, 6) is 0.546. The molecule has 1 fully saturated rings. The van der Waals surface area contributed by atoms with Crippen molar-refractivity contribution in [1.29, 1.82) is 0 Å². The van der Waals surface area contributed by atoms with Gasteiger partial charge in [-0.2, -0.15) is 5.10 Å². The van der Waals surface area contributed by atoms with Crippen LogP contribution in [0, 0.1) is 5.41 Å². The molecule has 0 aliphatic carbocycles. The van der Waals surface area contributed by atoms with Gasteiger partial charge in [0.15, 0.2) is 5.82 Å². The van der Waals surface area contributed by atoms with E-state index in [1.807, 2.05) is 6.92 Å². The first-order valence-corrected chi connectivity index (χ1v) is 5.57. The average molecular weight is 273 g/mol. The van der Waals surface area contributed by atoms with Crippen LogP contribution in [0.1, 0.15) is 13.3 Å². The highest BCUT2D eigenvalue weighted by Gasteiger charge is 2.38. The van der Waals surface area contributed by atoms with Gasteiger partial charge in [-0.15, -0.1) is 0 Å². The van der Waals surface area contributed by atoms with Crippen molar-refractivity contribution in [2.45, 2.75) is 19.9 Å². The highest BCUT2D eigenvalue weighted by molar-refractivity contribution is 9.10. The molecule has 0 bridgehead atoms. The molecule has 1 aliphatic heterocycles. The van der Waals surface area contributed by atoms with Crippen molar-refractivity contribution < 1.29 is 4.79 Å². The summed E-state index contributed by atoms with van der Waals surface area (Å²) in [5.41, 5.74) is 5.25. The number of halogens is 1. The Kier molecular flexibility index (Phi) is 2.46. The third kappa shape index (κ3) is 1.86. The second-order valence-corrected chi connectivity index (χ2v) is 4.98. The molecule has 15 heavy (non-hydrogen) atoms. The van der Waals surface area contributed by atoms with Gasteiger partial charge in [-0.05, 0) is 29.3 Å². The summed E-state index contributed by atoms with van der Waals surface area (Å²) in [4.78, 5) is 11.6. The molecular weight excluding hydrogens is 260 g/mol. The number of hydrogen-bond acceptors (Lipinski definition) is 3. The van der Waals surface area contributed by atoms with Crippen LogP contribution in [0.25, 0.3) is 0 Å². The highest BCUT2D eigenvalue weighted by atomic mass is 79.9. The summed E-state index contributed by atoms with van der Waals surface area (Å²) in [5, 5.41) is 6.95. The molecule has 1 aromatic rings. The van der Waals surface area contributed by atoms with E-state index in [1.54, 1.807) is 10.9 Å².